The quantitative estimate of drug-likeness (QED) is 0.632. The van der Waals surface area contributed by atoms with Crippen LogP contribution >= 0.6 is 0 Å². The molecule has 6 nitrogen and oxygen atoms in total. The number of carbonyl (C=O) groups is 1. The zero-order valence-corrected chi connectivity index (χ0v) is 12.5. The van der Waals surface area contributed by atoms with Gasteiger partial charge in [0.1, 0.15) is 11.8 Å². The summed E-state index contributed by atoms with van der Waals surface area (Å²) >= 11 is 0. The molecule has 0 saturated heterocycles. The fourth-order valence-corrected chi connectivity index (χ4v) is 1.72. The van der Waals surface area contributed by atoms with Crippen molar-refractivity contribution < 1.29 is 9.53 Å². The number of carbonyl (C=O) groups excluding carboxylic acids is 1. The van der Waals surface area contributed by atoms with Gasteiger partial charge in [-0.1, -0.05) is 6.07 Å². The first kappa shape index (κ1) is 15.5. The molecule has 0 aliphatic heterocycles. The zero-order chi connectivity index (χ0) is 15.8. The van der Waals surface area contributed by atoms with E-state index in [1.807, 2.05) is 30.3 Å². The Morgan fingerprint density at radius 3 is 2.73 bits per heavy atom. The van der Waals surface area contributed by atoms with Crippen LogP contribution in [0.1, 0.15) is 12.5 Å². The monoisotopic (exact) mass is 298 g/mol. The first-order valence-electron chi connectivity index (χ1n) is 6.82. The van der Waals surface area contributed by atoms with E-state index in [4.69, 9.17) is 4.74 Å². The summed E-state index contributed by atoms with van der Waals surface area (Å²) in [5, 5.41) is 6.99. The summed E-state index contributed by atoms with van der Waals surface area (Å²) < 4.78 is 5.09. The molecule has 0 aliphatic rings. The number of benzene rings is 1. The summed E-state index contributed by atoms with van der Waals surface area (Å²) in [6.07, 6.45) is 4.89. The maximum absolute atomic E-state index is 11.9. The molecule has 114 valence electrons. The molecule has 1 amide bonds. The van der Waals surface area contributed by atoms with E-state index in [0.29, 0.717) is 0 Å². The second kappa shape index (κ2) is 7.78. The van der Waals surface area contributed by atoms with Crippen LogP contribution in [-0.2, 0) is 4.79 Å². The fraction of sp³-hybridized carbons (Fsp3) is 0.188. The summed E-state index contributed by atoms with van der Waals surface area (Å²) in [5.41, 5.74) is 4.14. The molecule has 1 heterocycles. The number of anilines is 1. The molecule has 0 bridgehead atoms. The van der Waals surface area contributed by atoms with Gasteiger partial charge in [0.15, 0.2) is 0 Å². The van der Waals surface area contributed by atoms with Crippen LogP contribution in [0.3, 0.4) is 0 Å². The number of nitrogens with zero attached hydrogens (tertiary/aromatic N) is 2. The molecular formula is C16H18N4O2. The van der Waals surface area contributed by atoms with Gasteiger partial charge in [0.05, 0.1) is 13.3 Å². The van der Waals surface area contributed by atoms with E-state index in [0.717, 1.165) is 17.0 Å². The van der Waals surface area contributed by atoms with E-state index in [9.17, 15) is 4.79 Å². The van der Waals surface area contributed by atoms with Crippen molar-refractivity contribution in [3.63, 3.8) is 0 Å². The second-order valence-corrected chi connectivity index (χ2v) is 4.62. The molecule has 0 saturated carbocycles. The zero-order valence-electron chi connectivity index (χ0n) is 12.5. The Hall–Kier alpha value is -2.89. The number of hydrogen-bond donors (Lipinski definition) is 2. The summed E-state index contributed by atoms with van der Waals surface area (Å²) in [6, 6.07) is 10.6. The number of hydrazone groups is 1. The van der Waals surface area contributed by atoms with Crippen molar-refractivity contribution in [2.45, 2.75) is 13.0 Å². The number of aromatic nitrogens is 1. The van der Waals surface area contributed by atoms with Crippen molar-refractivity contribution >= 4 is 17.8 Å². The van der Waals surface area contributed by atoms with Gasteiger partial charge in [-0.3, -0.25) is 9.78 Å². The van der Waals surface area contributed by atoms with E-state index in [1.54, 1.807) is 38.7 Å². The lowest BCUT2D eigenvalue weighted by molar-refractivity contribution is -0.121. The minimum atomic E-state index is -0.417. The van der Waals surface area contributed by atoms with E-state index in [1.165, 1.54) is 0 Å². The van der Waals surface area contributed by atoms with Crippen LogP contribution in [0.25, 0.3) is 0 Å². The van der Waals surface area contributed by atoms with Crippen LogP contribution < -0.4 is 15.5 Å². The van der Waals surface area contributed by atoms with Crippen molar-refractivity contribution in [3.05, 3.63) is 54.4 Å². The highest BCUT2D eigenvalue weighted by Crippen LogP contribution is 2.15. The summed E-state index contributed by atoms with van der Waals surface area (Å²) in [6.45, 7) is 1.76. The van der Waals surface area contributed by atoms with Crippen LogP contribution in [-0.4, -0.2) is 30.3 Å². The van der Waals surface area contributed by atoms with Gasteiger partial charge < -0.3 is 10.1 Å². The molecule has 2 N–H and O–H groups in total. The third-order valence-corrected chi connectivity index (χ3v) is 2.94. The predicted octanol–water partition coefficient (Wildman–Crippen LogP) is 2.04. The Bertz CT molecular complexity index is 626. The topological polar surface area (TPSA) is 75.6 Å². The van der Waals surface area contributed by atoms with Crippen LogP contribution in [0.5, 0.6) is 5.75 Å². The first-order valence-corrected chi connectivity index (χ1v) is 6.82. The van der Waals surface area contributed by atoms with E-state index in [2.05, 4.69) is 20.8 Å². The number of amides is 1. The highest BCUT2D eigenvalue weighted by atomic mass is 16.5. The fourth-order valence-electron chi connectivity index (χ4n) is 1.72. The van der Waals surface area contributed by atoms with Crippen molar-refractivity contribution in [2.75, 3.05) is 12.4 Å². The second-order valence-electron chi connectivity index (χ2n) is 4.62. The number of methoxy groups -OCH3 is 1. The molecule has 6 heteroatoms. The van der Waals surface area contributed by atoms with Crippen LogP contribution in [0.15, 0.2) is 53.9 Å². The normalized spacial score (nSPS) is 11.9. The third-order valence-electron chi connectivity index (χ3n) is 2.94. The molecule has 0 spiro atoms. The van der Waals surface area contributed by atoms with Crippen molar-refractivity contribution in [2.24, 2.45) is 5.10 Å². The summed E-state index contributed by atoms with van der Waals surface area (Å²) in [5.74, 6) is 0.541. The highest BCUT2D eigenvalue weighted by molar-refractivity contribution is 5.86. The minimum absolute atomic E-state index is 0.226. The smallest absolute Gasteiger partial charge is 0.262 e. The molecular weight excluding hydrogens is 280 g/mol. The molecule has 1 aromatic heterocycles. The number of nitrogens with one attached hydrogen (secondary N) is 2. The third kappa shape index (κ3) is 4.59. The van der Waals surface area contributed by atoms with E-state index < -0.39 is 6.04 Å². The van der Waals surface area contributed by atoms with E-state index >= 15 is 0 Å². The lowest BCUT2D eigenvalue weighted by atomic mass is 10.2. The summed E-state index contributed by atoms with van der Waals surface area (Å²) in [7, 11) is 1.61. The molecule has 22 heavy (non-hydrogen) atoms. The molecule has 0 aliphatic carbocycles. The van der Waals surface area contributed by atoms with Crippen LogP contribution in [0, 0.1) is 0 Å². The number of rotatable bonds is 6. The largest absolute Gasteiger partial charge is 0.497 e. The Kier molecular flexibility index (Phi) is 5.48. The van der Waals surface area contributed by atoms with Gasteiger partial charge in [0.25, 0.3) is 5.91 Å². The Labute approximate surface area is 129 Å². The minimum Gasteiger partial charge on any atom is -0.497 e. The lowest BCUT2D eigenvalue weighted by Gasteiger charge is -2.13. The Morgan fingerprint density at radius 2 is 2.09 bits per heavy atom. The maximum Gasteiger partial charge on any atom is 0.262 e. The number of pyridine rings is 1. The lowest BCUT2D eigenvalue weighted by Crippen LogP contribution is -2.34. The first-order chi connectivity index (χ1) is 10.7. The van der Waals surface area contributed by atoms with Gasteiger partial charge in [-0.25, -0.2) is 5.43 Å². The van der Waals surface area contributed by atoms with Crippen LogP contribution in [0.4, 0.5) is 5.69 Å². The van der Waals surface area contributed by atoms with Gasteiger partial charge in [0, 0.05) is 23.6 Å². The highest BCUT2D eigenvalue weighted by Gasteiger charge is 2.11. The summed E-state index contributed by atoms with van der Waals surface area (Å²) in [4.78, 5) is 15.9. The van der Waals surface area contributed by atoms with Crippen LogP contribution in [0.2, 0.25) is 0 Å². The molecule has 1 unspecified atom stereocenters. The maximum atomic E-state index is 11.9. The predicted molar refractivity (Wildman–Crippen MR) is 86.1 cm³/mol. The van der Waals surface area contributed by atoms with Crippen molar-refractivity contribution in [1.29, 1.82) is 0 Å². The van der Waals surface area contributed by atoms with Gasteiger partial charge in [-0.05, 0) is 37.3 Å². The molecule has 0 fully saturated rings. The van der Waals surface area contributed by atoms with E-state index in [-0.39, 0.29) is 5.91 Å². The Morgan fingerprint density at radius 1 is 1.32 bits per heavy atom. The van der Waals surface area contributed by atoms with Crippen molar-refractivity contribution in [1.82, 2.24) is 10.4 Å². The van der Waals surface area contributed by atoms with Gasteiger partial charge in [-0.15, -0.1) is 0 Å². The van der Waals surface area contributed by atoms with Gasteiger partial charge in [-0.2, -0.15) is 5.10 Å². The van der Waals surface area contributed by atoms with Crippen molar-refractivity contribution in [3.8, 4) is 5.75 Å². The molecule has 1 aromatic carbocycles. The molecule has 2 aromatic rings. The number of ether oxygens (including phenoxy) is 1. The number of hydrogen-bond acceptors (Lipinski definition) is 5. The van der Waals surface area contributed by atoms with Gasteiger partial charge in [0.2, 0.25) is 0 Å². The Balaban J connectivity index is 1.85. The molecule has 2 rings (SSSR count). The standard InChI is InChI=1S/C16H18N4O2/c1-12(19-14-5-7-15(22-2)8-6-14)16(21)20-18-11-13-4-3-9-17-10-13/h3-12,19H,1-2H3,(H,20,21). The average Bonchev–Trinajstić information content (AvgIpc) is 2.56. The molecule has 0 radical (unpaired) electrons. The molecule has 1 atom stereocenters. The average molecular weight is 298 g/mol. The van der Waals surface area contributed by atoms with Gasteiger partial charge >= 0.3 is 0 Å². The SMILES string of the molecule is COc1ccc(NC(C)C(=O)NN=Cc2cccnc2)cc1.